The quantitative estimate of drug-likeness (QED) is 0.506. The van der Waals surface area contributed by atoms with Crippen molar-refractivity contribution in [1.82, 2.24) is 4.90 Å². The summed E-state index contributed by atoms with van der Waals surface area (Å²) in [6.45, 7) is -0.137. The summed E-state index contributed by atoms with van der Waals surface area (Å²) in [5, 5.41) is 11.3. The standard InChI is InChI=1S/C25H21F6N3O5S/c1-39-22(9-10-22)21(36)34-12-14-11-17(40(2,37)38)7-8-18(14)19(34)20(35)33-16-5-3-15(4-6-16)23(13-32,24(26,27)28)25(29,30)31/h3-8,11,19H,9-10,12H2,1-2H3,(H,33,35). The lowest BCUT2D eigenvalue weighted by Crippen LogP contribution is -2.52. The number of fused-ring (bicyclic) bond motifs is 1. The highest BCUT2D eigenvalue weighted by molar-refractivity contribution is 7.90. The second-order valence-corrected chi connectivity index (χ2v) is 11.6. The molecule has 1 N–H and O–H groups in total. The number of amides is 2. The van der Waals surface area contributed by atoms with Gasteiger partial charge in [0.15, 0.2) is 9.84 Å². The van der Waals surface area contributed by atoms with Crippen LogP contribution in [-0.4, -0.2) is 56.5 Å². The van der Waals surface area contributed by atoms with Crippen molar-refractivity contribution in [2.75, 3.05) is 18.7 Å². The highest BCUT2D eigenvalue weighted by Gasteiger charge is 2.72. The van der Waals surface area contributed by atoms with Gasteiger partial charge in [0.2, 0.25) is 0 Å². The average molecular weight is 590 g/mol. The summed E-state index contributed by atoms with van der Waals surface area (Å²) in [5.74, 6) is -1.38. The highest BCUT2D eigenvalue weighted by atomic mass is 32.2. The van der Waals surface area contributed by atoms with Gasteiger partial charge in [0.05, 0.1) is 11.0 Å². The Bertz CT molecular complexity index is 1500. The fourth-order valence-corrected chi connectivity index (χ4v) is 5.38. The van der Waals surface area contributed by atoms with Crippen LogP contribution in [0.4, 0.5) is 32.0 Å². The Morgan fingerprint density at radius 1 is 1.05 bits per heavy atom. The number of halogens is 6. The van der Waals surface area contributed by atoms with Crippen LogP contribution >= 0.6 is 0 Å². The summed E-state index contributed by atoms with van der Waals surface area (Å²) in [6.07, 6.45) is -10.2. The number of benzene rings is 2. The number of alkyl halides is 6. The molecule has 2 amide bonds. The molecule has 1 aliphatic carbocycles. The topological polar surface area (TPSA) is 117 Å². The maximum absolute atomic E-state index is 13.5. The monoisotopic (exact) mass is 589 g/mol. The number of ether oxygens (including phenoxy) is 1. The number of rotatable bonds is 6. The van der Waals surface area contributed by atoms with Crippen LogP contribution in [-0.2, 0) is 36.1 Å². The lowest BCUT2D eigenvalue weighted by atomic mass is 9.80. The van der Waals surface area contributed by atoms with E-state index in [-0.39, 0.29) is 17.1 Å². The molecule has 15 heteroatoms. The largest absolute Gasteiger partial charge is 0.420 e. The molecule has 1 heterocycles. The molecule has 1 saturated carbocycles. The van der Waals surface area contributed by atoms with Crippen molar-refractivity contribution in [3.8, 4) is 6.07 Å². The van der Waals surface area contributed by atoms with Crippen LogP contribution < -0.4 is 5.32 Å². The van der Waals surface area contributed by atoms with E-state index in [9.17, 15) is 44.3 Å². The van der Waals surface area contributed by atoms with Crippen LogP contribution in [0.3, 0.4) is 0 Å². The van der Waals surface area contributed by atoms with Gasteiger partial charge in [-0.05, 0) is 53.8 Å². The molecule has 1 atom stereocenters. The van der Waals surface area contributed by atoms with Crippen molar-refractivity contribution in [3.63, 3.8) is 0 Å². The molecule has 0 spiro atoms. The van der Waals surface area contributed by atoms with Gasteiger partial charge in [0.25, 0.3) is 17.2 Å². The summed E-state index contributed by atoms with van der Waals surface area (Å²) in [5.41, 5.74) is -6.87. The van der Waals surface area contributed by atoms with Crippen molar-refractivity contribution in [2.24, 2.45) is 0 Å². The van der Waals surface area contributed by atoms with E-state index < -0.39 is 56.6 Å². The van der Waals surface area contributed by atoms with E-state index >= 15 is 0 Å². The SMILES string of the molecule is COC1(C(=O)N2Cc3cc(S(C)(=O)=O)ccc3C2C(=O)Nc2ccc(C(C#N)(C(F)(F)F)C(F)(F)F)cc2)CC1. The minimum atomic E-state index is -5.98. The first-order chi connectivity index (χ1) is 18.4. The van der Waals surface area contributed by atoms with E-state index in [1.54, 1.807) is 0 Å². The van der Waals surface area contributed by atoms with Crippen molar-refractivity contribution in [2.45, 2.75) is 53.7 Å². The number of sulfone groups is 1. The van der Waals surface area contributed by atoms with Gasteiger partial charge in [0, 0.05) is 25.6 Å². The Kier molecular flexibility index (Phi) is 6.95. The molecule has 8 nitrogen and oxygen atoms in total. The zero-order valence-corrected chi connectivity index (χ0v) is 21.7. The molecule has 0 saturated heterocycles. The summed E-state index contributed by atoms with van der Waals surface area (Å²) in [4.78, 5) is 27.8. The first-order valence-electron chi connectivity index (χ1n) is 11.6. The Morgan fingerprint density at radius 3 is 2.08 bits per heavy atom. The molecule has 2 aromatic carbocycles. The Hall–Kier alpha value is -3.64. The molecule has 40 heavy (non-hydrogen) atoms. The smallest absolute Gasteiger partial charge is 0.368 e. The fraction of sp³-hybridized carbons (Fsp3) is 0.400. The number of hydrogen-bond donors (Lipinski definition) is 1. The number of carbonyl (C=O) groups is 2. The van der Waals surface area contributed by atoms with E-state index in [1.165, 1.54) is 30.2 Å². The molecular formula is C25H21F6N3O5S. The van der Waals surface area contributed by atoms with Gasteiger partial charge in [-0.25, -0.2) is 8.42 Å². The van der Waals surface area contributed by atoms with Crippen molar-refractivity contribution in [1.29, 1.82) is 5.26 Å². The maximum Gasteiger partial charge on any atom is 0.420 e. The summed E-state index contributed by atoms with van der Waals surface area (Å²) in [7, 11) is -2.29. The molecule has 2 aliphatic rings. The Morgan fingerprint density at radius 2 is 1.62 bits per heavy atom. The lowest BCUT2D eigenvalue weighted by molar-refractivity contribution is -0.283. The minimum absolute atomic E-state index is 0.0431. The zero-order chi connectivity index (χ0) is 29.9. The highest BCUT2D eigenvalue weighted by Crippen LogP contribution is 2.52. The molecule has 4 rings (SSSR count). The van der Waals surface area contributed by atoms with Gasteiger partial charge in [0.1, 0.15) is 11.6 Å². The van der Waals surface area contributed by atoms with E-state index in [0.29, 0.717) is 42.2 Å². The maximum atomic E-state index is 13.5. The number of hydrogen-bond acceptors (Lipinski definition) is 6. The predicted molar refractivity (Wildman–Crippen MR) is 126 cm³/mol. The minimum Gasteiger partial charge on any atom is -0.368 e. The van der Waals surface area contributed by atoms with Gasteiger partial charge in [-0.1, -0.05) is 18.2 Å². The van der Waals surface area contributed by atoms with E-state index in [4.69, 9.17) is 10.00 Å². The van der Waals surface area contributed by atoms with Gasteiger partial charge in [-0.2, -0.15) is 31.6 Å². The number of carbonyl (C=O) groups excluding carboxylic acids is 2. The molecule has 1 unspecified atom stereocenters. The number of nitrogens with one attached hydrogen (secondary N) is 1. The molecule has 2 aromatic rings. The number of methoxy groups -OCH3 is 1. The molecule has 1 aliphatic heterocycles. The molecule has 0 radical (unpaired) electrons. The zero-order valence-electron chi connectivity index (χ0n) is 20.9. The lowest BCUT2D eigenvalue weighted by Gasteiger charge is -2.31. The molecule has 0 aromatic heterocycles. The number of anilines is 1. The summed E-state index contributed by atoms with van der Waals surface area (Å²) >= 11 is 0. The van der Waals surface area contributed by atoms with Crippen LogP contribution in [0.15, 0.2) is 47.4 Å². The summed E-state index contributed by atoms with van der Waals surface area (Å²) in [6, 6.07) is 5.45. The van der Waals surface area contributed by atoms with Crippen LogP contribution in [0, 0.1) is 11.3 Å². The van der Waals surface area contributed by atoms with Crippen molar-refractivity contribution < 1.29 is 49.1 Å². The summed E-state index contributed by atoms with van der Waals surface area (Å²) < 4.78 is 110. The van der Waals surface area contributed by atoms with Crippen LogP contribution in [0.25, 0.3) is 0 Å². The normalized spacial score (nSPS) is 18.6. The third-order valence-electron chi connectivity index (χ3n) is 7.09. The Labute approximate surface area is 224 Å². The molecule has 0 bridgehead atoms. The Balaban J connectivity index is 1.68. The molecule has 1 fully saturated rings. The fourth-order valence-electron chi connectivity index (χ4n) is 4.71. The number of nitrogens with zero attached hydrogens (tertiary/aromatic N) is 2. The van der Waals surface area contributed by atoms with E-state index in [0.717, 1.165) is 18.4 Å². The second kappa shape index (κ2) is 9.48. The van der Waals surface area contributed by atoms with Gasteiger partial charge >= 0.3 is 12.4 Å². The first-order valence-corrected chi connectivity index (χ1v) is 13.5. The molecular weight excluding hydrogens is 568 g/mol. The second-order valence-electron chi connectivity index (χ2n) is 9.59. The van der Waals surface area contributed by atoms with Crippen molar-refractivity contribution in [3.05, 3.63) is 59.2 Å². The van der Waals surface area contributed by atoms with Gasteiger partial charge < -0.3 is 15.0 Å². The van der Waals surface area contributed by atoms with E-state index in [1.807, 2.05) is 0 Å². The van der Waals surface area contributed by atoms with Crippen LogP contribution in [0.2, 0.25) is 0 Å². The molecule has 214 valence electrons. The van der Waals surface area contributed by atoms with Crippen LogP contribution in [0.1, 0.15) is 35.6 Å². The first kappa shape index (κ1) is 29.3. The van der Waals surface area contributed by atoms with Crippen molar-refractivity contribution >= 4 is 27.3 Å². The van der Waals surface area contributed by atoms with Gasteiger partial charge in [-0.3, -0.25) is 9.59 Å². The van der Waals surface area contributed by atoms with E-state index in [2.05, 4.69) is 5.32 Å². The van der Waals surface area contributed by atoms with Gasteiger partial charge in [-0.15, -0.1) is 0 Å². The average Bonchev–Trinajstić information content (AvgIpc) is 3.55. The number of nitriles is 1. The van der Waals surface area contributed by atoms with Crippen LogP contribution in [0.5, 0.6) is 0 Å². The third kappa shape index (κ3) is 4.68. The third-order valence-corrected chi connectivity index (χ3v) is 8.20. The predicted octanol–water partition coefficient (Wildman–Crippen LogP) is 4.18.